The van der Waals surface area contributed by atoms with E-state index in [9.17, 15) is 4.79 Å². The van der Waals surface area contributed by atoms with Gasteiger partial charge in [0.2, 0.25) is 0 Å². The molecule has 1 atom stereocenters. The van der Waals surface area contributed by atoms with Crippen LogP contribution in [0.4, 0.5) is 5.69 Å². The Kier molecular flexibility index (Phi) is 8.22. The van der Waals surface area contributed by atoms with Crippen molar-refractivity contribution in [3.8, 4) is 17.2 Å². The summed E-state index contributed by atoms with van der Waals surface area (Å²) >= 11 is 0. The minimum absolute atomic E-state index is 0.117. The number of hydrogen-bond acceptors (Lipinski definition) is 5. The molecule has 0 bridgehead atoms. The summed E-state index contributed by atoms with van der Waals surface area (Å²) in [6.07, 6.45) is 0.796. The lowest BCUT2D eigenvalue weighted by Gasteiger charge is -2.14. The summed E-state index contributed by atoms with van der Waals surface area (Å²) in [5, 5.41) is 2.93. The van der Waals surface area contributed by atoms with Crippen LogP contribution in [-0.4, -0.2) is 24.1 Å². The topological polar surface area (TPSA) is 69.7 Å². The lowest BCUT2D eigenvalue weighted by Crippen LogP contribution is -2.15. The zero-order valence-corrected chi connectivity index (χ0v) is 19.1. The summed E-state index contributed by atoms with van der Waals surface area (Å²) in [5.41, 5.74) is 2.61. The van der Waals surface area contributed by atoms with Crippen molar-refractivity contribution < 1.29 is 19.0 Å². The van der Waals surface area contributed by atoms with Crippen molar-refractivity contribution >= 4 is 11.6 Å². The van der Waals surface area contributed by atoms with E-state index in [1.807, 2.05) is 69.3 Å². The maximum Gasteiger partial charge on any atom is 0.257 e. The molecule has 0 aliphatic heterocycles. The van der Waals surface area contributed by atoms with Crippen molar-refractivity contribution in [2.45, 2.75) is 40.2 Å². The number of carbonyl (C=O) groups is 1. The summed E-state index contributed by atoms with van der Waals surface area (Å²) in [6, 6.07) is 18.4. The van der Waals surface area contributed by atoms with Crippen molar-refractivity contribution in [3.63, 3.8) is 0 Å². The number of amides is 1. The monoisotopic (exact) mass is 434 g/mol. The third-order valence-electron chi connectivity index (χ3n) is 4.82. The van der Waals surface area contributed by atoms with Crippen LogP contribution in [0.2, 0.25) is 0 Å². The van der Waals surface area contributed by atoms with Gasteiger partial charge < -0.3 is 19.5 Å². The smallest absolute Gasteiger partial charge is 0.257 e. The lowest BCUT2D eigenvalue weighted by molar-refractivity contribution is 0.0732. The molecule has 32 heavy (non-hydrogen) atoms. The van der Waals surface area contributed by atoms with Gasteiger partial charge in [-0.25, -0.2) is 0 Å². The molecule has 0 saturated heterocycles. The minimum Gasteiger partial charge on any atom is -0.490 e. The molecular formula is C26H30N2O4. The number of para-hydroxylation sites is 2. The van der Waals surface area contributed by atoms with Gasteiger partial charge in [0.15, 0.2) is 11.5 Å². The second-order valence-corrected chi connectivity index (χ2v) is 7.35. The van der Waals surface area contributed by atoms with Crippen molar-refractivity contribution in [2.75, 3.05) is 18.5 Å². The summed E-state index contributed by atoms with van der Waals surface area (Å²) in [4.78, 5) is 17.4. The molecule has 0 aliphatic carbocycles. The molecule has 2 aromatic carbocycles. The van der Waals surface area contributed by atoms with E-state index in [-0.39, 0.29) is 12.0 Å². The molecule has 3 aromatic rings. The fourth-order valence-electron chi connectivity index (χ4n) is 3.21. The van der Waals surface area contributed by atoms with Crippen LogP contribution in [0.5, 0.6) is 17.2 Å². The van der Waals surface area contributed by atoms with Gasteiger partial charge in [-0.15, -0.1) is 0 Å². The molecule has 1 aromatic heterocycles. The van der Waals surface area contributed by atoms with Crippen LogP contribution in [0.3, 0.4) is 0 Å². The lowest BCUT2D eigenvalue weighted by atomic mass is 10.1. The van der Waals surface area contributed by atoms with E-state index in [1.165, 1.54) is 0 Å². The molecule has 0 spiro atoms. The average molecular weight is 435 g/mol. The quantitative estimate of drug-likeness (QED) is 0.404. The first-order valence-corrected chi connectivity index (χ1v) is 10.9. The SMILES string of the molecule is CCCOc1ccccc1Oc1cccc(NC(=O)c2ccc(C(C)OCC)nc2C)c1. The van der Waals surface area contributed by atoms with Crippen LogP contribution in [0, 0.1) is 6.92 Å². The molecule has 1 unspecified atom stereocenters. The highest BCUT2D eigenvalue weighted by molar-refractivity contribution is 6.05. The number of ether oxygens (including phenoxy) is 3. The van der Waals surface area contributed by atoms with Gasteiger partial charge in [-0.2, -0.15) is 0 Å². The number of anilines is 1. The summed E-state index contributed by atoms with van der Waals surface area (Å²) in [6.45, 7) is 9.00. The van der Waals surface area contributed by atoms with E-state index >= 15 is 0 Å². The zero-order valence-electron chi connectivity index (χ0n) is 19.1. The molecule has 1 N–H and O–H groups in total. The van der Waals surface area contributed by atoms with Crippen LogP contribution in [0.25, 0.3) is 0 Å². The highest BCUT2D eigenvalue weighted by Crippen LogP contribution is 2.32. The third kappa shape index (κ3) is 6.08. The number of aryl methyl sites for hydroxylation is 1. The van der Waals surface area contributed by atoms with Crippen molar-refractivity contribution in [3.05, 3.63) is 77.6 Å². The molecule has 6 heteroatoms. The Morgan fingerprint density at radius 3 is 2.53 bits per heavy atom. The Morgan fingerprint density at radius 2 is 1.81 bits per heavy atom. The second kappa shape index (κ2) is 11.3. The minimum atomic E-state index is -0.227. The second-order valence-electron chi connectivity index (χ2n) is 7.35. The van der Waals surface area contributed by atoms with E-state index < -0.39 is 0 Å². The largest absolute Gasteiger partial charge is 0.490 e. The molecular weight excluding hydrogens is 404 g/mol. The maximum absolute atomic E-state index is 12.8. The van der Waals surface area contributed by atoms with Gasteiger partial charge in [-0.1, -0.05) is 25.1 Å². The third-order valence-corrected chi connectivity index (χ3v) is 4.82. The number of pyridine rings is 1. The maximum atomic E-state index is 12.8. The summed E-state index contributed by atoms with van der Waals surface area (Å²) < 4.78 is 17.4. The van der Waals surface area contributed by atoms with Gasteiger partial charge in [0.05, 0.1) is 29.7 Å². The van der Waals surface area contributed by atoms with Crippen molar-refractivity contribution in [1.29, 1.82) is 0 Å². The molecule has 0 saturated carbocycles. The van der Waals surface area contributed by atoms with Crippen LogP contribution >= 0.6 is 0 Å². The normalized spacial score (nSPS) is 11.6. The van der Waals surface area contributed by atoms with Crippen molar-refractivity contribution in [2.24, 2.45) is 0 Å². The number of rotatable bonds is 10. The van der Waals surface area contributed by atoms with E-state index in [0.717, 1.165) is 12.1 Å². The number of carbonyl (C=O) groups excluding carboxylic acids is 1. The van der Waals surface area contributed by atoms with Crippen molar-refractivity contribution in [1.82, 2.24) is 4.98 Å². The Labute approximate surface area is 189 Å². The van der Waals surface area contributed by atoms with Gasteiger partial charge >= 0.3 is 0 Å². The van der Waals surface area contributed by atoms with Crippen LogP contribution < -0.4 is 14.8 Å². The highest BCUT2D eigenvalue weighted by atomic mass is 16.5. The molecule has 1 amide bonds. The number of aromatic nitrogens is 1. The number of nitrogens with one attached hydrogen (secondary N) is 1. The van der Waals surface area contributed by atoms with Gasteiger partial charge in [0.25, 0.3) is 5.91 Å². The molecule has 0 radical (unpaired) electrons. The van der Waals surface area contributed by atoms with Crippen LogP contribution in [0.15, 0.2) is 60.7 Å². The zero-order chi connectivity index (χ0) is 22.9. The Hall–Kier alpha value is -3.38. The summed E-state index contributed by atoms with van der Waals surface area (Å²) in [5.74, 6) is 1.69. The summed E-state index contributed by atoms with van der Waals surface area (Å²) in [7, 11) is 0. The Balaban J connectivity index is 1.72. The molecule has 0 aliphatic rings. The van der Waals surface area contributed by atoms with Gasteiger partial charge in [-0.05, 0) is 63.6 Å². The average Bonchev–Trinajstić information content (AvgIpc) is 2.78. The van der Waals surface area contributed by atoms with Gasteiger partial charge in [0.1, 0.15) is 5.75 Å². The first-order chi connectivity index (χ1) is 15.5. The Morgan fingerprint density at radius 1 is 1.03 bits per heavy atom. The number of nitrogens with zero attached hydrogens (tertiary/aromatic N) is 1. The van der Waals surface area contributed by atoms with Crippen LogP contribution in [-0.2, 0) is 4.74 Å². The Bertz CT molecular complexity index is 1050. The fourth-order valence-corrected chi connectivity index (χ4v) is 3.21. The van der Waals surface area contributed by atoms with E-state index in [4.69, 9.17) is 14.2 Å². The molecule has 6 nitrogen and oxygen atoms in total. The predicted molar refractivity (Wildman–Crippen MR) is 126 cm³/mol. The van der Waals surface area contributed by atoms with E-state index in [1.54, 1.807) is 12.1 Å². The number of hydrogen-bond donors (Lipinski definition) is 1. The molecule has 168 valence electrons. The van der Waals surface area contributed by atoms with Crippen LogP contribution in [0.1, 0.15) is 55.0 Å². The fraction of sp³-hybridized carbons (Fsp3) is 0.308. The predicted octanol–water partition coefficient (Wildman–Crippen LogP) is 6.32. The first-order valence-electron chi connectivity index (χ1n) is 10.9. The van der Waals surface area contributed by atoms with Gasteiger partial charge in [-0.3, -0.25) is 9.78 Å². The van der Waals surface area contributed by atoms with Gasteiger partial charge in [0, 0.05) is 18.4 Å². The first kappa shape index (κ1) is 23.3. The van der Waals surface area contributed by atoms with E-state index in [0.29, 0.717) is 47.4 Å². The molecule has 0 fully saturated rings. The standard InChI is InChI=1S/C26H30N2O4/c1-5-16-31-24-12-7-8-13-25(24)32-21-11-9-10-20(17-21)28-26(29)22-14-15-23(27-18(22)3)19(4)30-6-2/h7-15,17,19H,5-6,16H2,1-4H3,(H,28,29). The number of benzene rings is 2. The highest BCUT2D eigenvalue weighted by Gasteiger charge is 2.14. The van der Waals surface area contributed by atoms with E-state index in [2.05, 4.69) is 17.2 Å². The molecule has 1 heterocycles. The molecule has 3 rings (SSSR count).